The lowest BCUT2D eigenvalue weighted by atomic mass is 9.90. The number of fused-ring (bicyclic) bond motifs is 1. The number of aromatic hydroxyl groups is 4. The van der Waals surface area contributed by atoms with Gasteiger partial charge in [0.05, 0.1) is 11.7 Å². The predicted octanol–water partition coefficient (Wildman–Crippen LogP) is 0.825. The summed E-state index contributed by atoms with van der Waals surface area (Å²) >= 11 is 0. The number of phenolic OH excluding ortho intramolecular Hbond substituents is 4. The molecule has 0 saturated carbocycles. The number of ether oxygens (including phenoxy) is 1. The van der Waals surface area contributed by atoms with Gasteiger partial charge in [-0.15, -0.1) is 0 Å². The first-order valence-corrected chi connectivity index (χ1v) is 9.34. The number of benzene rings is 2. The molecule has 1 saturated heterocycles. The maximum atomic E-state index is 12.7. The van der Waals surface area contributed by atoms with Crippen molar-refractivity contribution >= 4 is 11.0 Å². The normalized spacial score (nSPS) is 26.3. The molecule has 1 fully saturated rings. The van der Waals surface area contributed by atoms with Crippen molar-refractivity contribution in [1.82, 2.24) is 0 Å². The number of hydrogen-bond donors (Lipinski definition) is 7. The molecule has 5 atom stereocenters. The highest BCUT2D eigenvalue weighted by atomic mass is 16.5. The van der Waals surface area contributed by atoms with Gasteiger partial charge in [0.15, 0.2) is 22.5 Å². The standard InChI is InChI=1S/C21H20O10/c1-7-17(27)18(28)19(29)21(30-7)16-12(25)5-11(24)15-13(26)6-14(31-20(15)16)8-2-3-9(22)10(23)4-8/h2-7,17-19,21-25,27-29H,1H3/t7-,17-,18?,19?,21-/m0/s1. The Bertz CT molecular complexity index is 1220. The number of aliphatic hydroxyl groups is 3. The van der Waals surface area contributed by atoms with Crippen molar-refractivity contribution in [3.8, 4) is 34.3 Å². The Hall–Kier alpha value is -3.31. The van der Waals surface area contributed by atoms with E-state index in [1.165, 1.54) is 19.1 Å². The smallest absolute Gasteiger partial charge is 0.197 e. The Morgan fingerprint density at radius 3 is 2.19 bits per heavy atom. The molecule has 1 aromatic heterocycles. The third kappa shape index (κ3) is 3.35. The van der Waals surface area contributed by atoms with E-state index in [0.717, 1.165) is 18.2 Å². The molecule has 31 heavy (non-hydrogen) atoms. The summed E-state index contributed by atoms with van der Waals surface area (Å²) in [5.41, 5.74) is -1.01. The van der Waals surface area contributed by atoms with Crippen molar-refractivity contribution in [1.29, 1.82) is 0 Å². The van der Waals surface area contributed by atoms with E-state index in [1.54, 1.807) is 0 Å². The summed E-state index contributed by atoms with van der Waals surface area (Å²) in [6, 6.07) is 5.64. The molecule has 0 amide bonds. The average Bonchev–Trinajstić information content (AvgIpc) is 2.71. The number of rotatable bonds is 2. The number of aliphatic hydroxyl groups excluding tert-OH is 3. The molecule has 0 radical (unpaired) electrons. The zero-order valence-electron chi connectivity index (χ0n) is 16.1. The first-order valence-electron chi connectivity index (χ1n) is 9.34. The summed E-state index contributed by atoms with van der Waals surface area (Å²) in [6.45, 7) is 1.45. The molecule has 2 heterocycles. The Morgan fingerprint density at radius 1 is 0.806 bits per heavy atom. The van der Waals surface area contributed by atoms with Crippen LogP contribution in [0.2, 0.25) is 0 Å². The molecule has 4 rings (SSSR count). The molecular weight excluding hydrogens is 412 g/mol. The van der Waals surface area contributed by atoms with Gasteiger partial charge < -0.3 is 44.9 Å². The van der Waals surface area contributed by atoms with Gasteiger partial charge in [0.2, 0.25) is 0 Å². The van der Waals surface area contributed by atoms with Gasteiger partial charge in [-0.2, -0.15) is 0 Å². The summed E-state index contributed by atoms with van der Waals surface area (Å²) in [4.78, 5) is 12.7. The van der Waals surface area contributed by atoms with Gasteiger partial charge in [0.25, 0.3) is 0 Å². The number of phenols is 4. The molecule has 10 nitrogen and oxygen atoms in total. The van der Waals surface area contributed by atoms with Crippen LogP contribution >= 0.6 is 0 Å². The maximum Gasteiger partial charge on any atom is 0.197 e. The highest BCUT2D eigenvalue weighted by Crippen LogP contribution is 2.43. The molecule has 1 aliphatic rings. The van der Waals surface area contributed by atoms with E-state index in [-0.39, 0.29) is 33.6 Å². The molecule has 2 unspecified atom stereocenters. The van der Waals surface area contributed by atoms with Gasteiger partial charge in [-0.1, -0.05) is 0 Å². The monoisotopic (exact) mass is 432 g/mol. The van der Waals surface area contributed by atoms with Gasteiger partial charge in [-0.05, 0) is 25.1 Å². The van der Waals surface area contributed by atoms with E-state index in [0.29, 0.717) is 0 Å². The average molecular weight is 432 g/mol. The van der Waals surface area contributed by atoms with Crippen molar-refractivity contribution in [2.75, 3.05) is 0 Å². The zero-order valence-corrected chi connectivity index (χ0v) is 16.1. The van der Waals surface area contributed by atoms with Crippen LogP contribution in [0.1, 0.15) is 18.6 Å². The molecular formula is C21H20O10. The fraction of sp³-hybridized carbons (Fsp3) is 0.286. The zero-order chi connectivity index (χ0) is 22.6. The van der Waals surface area contributed by atoms with Crippen LogP contribution in [0.4, 0.5) is 0 Å². The van der Waals surface area contributed by atoms with Crippen LogP contribution in [0.3, 0.4) is 0 Å². The van der Waals surface area contributed by atoms with Crippen LogP contribution in [0.5, 0.6) is 23.0 Å². The first kappa shape index (κ1) is 20.9. The minimum absolute atomic E-state index is 0.0713. The lowest BCUT2D eigenvalue weighted by molar-refractivity contribution is -0.219. The minimum Gasteiger partial charge on any atom is -0.507 e. The van der Waals surface area contributed by atoms with Crippen LogP contribution in [0, 0.1) is 0 Å². The van der Waals surface area contributed by atoms with E-state index in [4.69, 9.17) is 9.15 Å². The molecule has 2 aromatic carbocycles. The third-order valence-electron chi connectivity index (χ3n) is 5.39. The fourth-order valence-electron chi connectivity index (χ4n) is 3.71. The number of hydrogen-bond acceptors (Lipinski definition) is 10. The van der Waals surface area contributed by atoms with Crippen molar-refractivity contribution in [2.24, 2.45) is 0 Å². The van der Waals surface area contributed by atoms with Crippen LogP contribution < -0.4 is 5.43 Å². The van der Waals surface area contributed by atoms with Gasteiger partial charge in [-0.25, -0.2) is 0 Å². The largest absolute Gasteiger partial charge is 0.507 e. The molecule has 0 aliphatic carbocycles. The van der Waals surface area contributed by atoms with Gasteiger partial charge in [-0.3, -0.25) is 4.79 Å². The van der Waals surface area contributed by atoms with E-state index >= 15 is 0 Å². The van der Waals surface area contributed by atoms with Crippen molar-refractivity contribution in [3.05, 3.63) is 46.1 Å². The maximum absolute atomic E-state index is 12.7. The lowest BCUT2D eigenvalue weighted by Gasteiger charge is -2.39. The molecule has 0 bridgehead atoms. The molecule has 3 aromatic rings. The van der Waals surface area contributed by atoms with Crippen molar-refractivity contribution in [2.45, 2.75) is 37.4 Å². The molecule has 164 valence electrons. The van der Waals surface area contributed by atoms with Crippen LogP contribution in [0.25, 0.3) is 22.3 Å². The van der Waals surface area contributed by atoms with Crippen molar-refractivity contribution in [3.63, 3.8) is 0 Å². The van der Waals surface area contributed by atoms with E-state index in [1.807, 2.05) is 0 Å². The Morgan fingerprint density at radius 2 is 1.52 bits per heavy atom. The van der Waals surface area contributed by atoms with E-state index in [9.17, 15) is 40.5 Å². The van der Waals surface area contributed by atoms with Crippen LogP contribution in [-0.2, 0) is 4.74 Å². The van der Waals surface area contributed by atoms with Gasteiger partial charge in [0.1, 0.15) is 47.1 Å². The fourth-order valence-corrected chi connectivity index (χ4v) is 3.71. The van der Waals surface area contributed by atoms with Gasteiger partial charge >= 0.3 is 0 Å². The molecule has 1 aliphatic heterocycles. The quantitative estimate of drug-likeness (QED) is 0.286. The predicted molar refractivity (Wildman–Crippen MR) is 106 cm³/mol. The van der Waals surface area contributed by atoms with Crippen LogP contribution in [-0.4, -0.2) is 60.2 Å². The van der Waals surface area contributed by atoms with Gasteiger partial charge in [0, 0.05) is 17.7 Å². The van der Waals surface area contributed by atoms with Crippen LogP contribution in [0.15, 0.2) is 39.5 Å². The van der Waals surface area contributed by atoms with E-state index in [2.05, 4.69) is 0 Å². The summed E-state index contributed by atoms with van der Waals surface area (Å²) in [7, 11) is 0. The topological polar surface area (TPSA) is 181 Å². The second-order valence-electron chi connectivity index (χ2n) is 7.44. The second kappa shape index (κ2) is 7.43. The van der Waals surface area contributed by atoms with Crippen molar-refractivity contribution < 1.29 is 44.9 Å². The first-order chi connectivity index (χ1) is 14.6. The highest BCUT2D eigenvalue weighted by molar-refractivity contribution is 5.89. The summed E-state index contributed by atoms with van der Waals surface area (Å²) < 4.78 is 11.3. The van der Waals surface area contributed by atoms with E-state index < -0.39 is 53.2 Å². The minimum atomic E-state index is -1.68. The summed E-state index contributed by atoms with van der Waals surface area (Å²) in [6.07, 6.45) is -7.02. The SMILES string of the molecule is C[C@@H]1O[C@@H](c2c(O)cc(O)c3c(=O)cc(-c4ccc(O)c(O)c4)oc23)C(O)C(O)[C@H]1O. The molecule has 7 N–H and O–H groups in total. The summed E-state index contributed by atoms with van der Waals surface area (Å²) in [5.74, 6) is -2.07. The Kier molecular flexibility index (Phi) is 5.02. The second-order valence-corrected chi connectivity index (χ2v) is 7.44. The summed E-state index contributed by atoms with van der Waals surface area (Å²) in [5, 5.41) is 70.2. The molecule has 0 spiro atoms. The third-order valence-corrected chi connectivity index (χ3v) is 5.39. The highest BCUT2D eigenvalue weighted by Gasteiger charge is 2.44. The Labute approximate surface area is 174 Å². The molecule has 10 heteroatoms. The Balaban J connectivity index is 1.98. The lowest BCUT2D eigenvalue weighted by Crippen LogP contribution is -2.53.